The first-order chi connectivity index (χ1) is 26.9. The van der Waals surface area contributed by atoms with Gasteiger partial charge in [0.25, 0.3) is 5.91 Å². The highest BCUT2D eigenvalue weighted by atomic mass is 16.3. The van der Waals surface area contributed by atoms with Crippen LogP contribution >= 0.6 is 0 Å². The number of amides is 2. The third-order valence-electron chi connectivity index (χ3n) is 13.1. The summed E-state index contributed by atoms with van der Waals surface area (Å²) in [7, 11) is 0. The highest BCUT2D eigenvalue weighted by Crippen LogP contribution is 2.47. The summed E-state index contributed by atoms with van der Waals surface area (Å²) in [4.78, 5) is 40.1. The molecule has 1 aliphatic carbocycles. The number of piperidine rings is 2. The Morgan fingerprint density at radius 1 is 0.782 bits per heavy atom. The predicted octanol–water partition coefficient (Wildman–Crippen LogP) is 6.83. The number of fused-ring (bicyclic) bond motifs is 2. The van der Waals surface area contributed by atoms with E-state index < -0.39 is 6.04 Å². The molecule has 0 spiro atoms. The number of benzene rings is 3. The maximum Gasteiger partial charge on any atom is 0.255 e. The van der Waals surface area contributed by atoms with Gasteiger partial charge in [-0.25, -0.2) is 4.98 Å². The molecule has 9 nitrogen and oxygen atoms in total. The minimum Gasteiger partial charge on any atom is -0.508 e. The molecule has 55 heavy (non-hydrogen) atoms. The number of pyridine rings is 1. The fourth-order valence-electron chi connectivity index (χ4n) is 9.93. The number of phenolic OH excluding ortho intramolecular Hbond substituents is 1. The molecule has 4 aromatic rings. The third-order valence-corrected chi connectivity index (χ3v) is 13.1. The summed E-state index contributed by atoms with van der Waals surface area (Å²) >= 11 is 0. The average molecular weight is 737 g/mol. The van der Waals surface area contributed by atoms with E-state index in [1.807, 2.05) is 18.2 Å². The normalized spacial score (nSPS) is 23.5. The van der Waals surface area contributed by atoms with Crippen LogP contribution in [0.4, 0.5) is 11.5 Å². The summed E-state index contributed by atoms with van der Waals surface area (Å²) in [6, 6.07) is 27.1. The molecule has 0 bridgehead atoms. The predicted molar refractivity (Wildman–Crippen MR) is 217 cm³/mol. The summed E-state index contributed by atoms with van der Waals surface area (Å²) in [5.41, 5.74) is 8.81. The van der Waals surface area contributed by atoms with Gasteiger partial charge in [0.2, 0.25) is 5.91 Å². The molecule has 1 aromatic heterocycles. The number of nitrogens with one attached hydrogen (secondary N) is 1. The monoisotopic (exact) mass is 736 g/mol. The number of hydrogen-bond acceptors (Lipinski definition) is 7. The van der Waals surface area contributed by atoms with Gasteiger partial charge in [0.1, 0.15) is 17.6 Å². The summed E-state index contributed by atoms with van der Waals surface area (Å²) in [5, 5.41) is 13.0. The second-order valence-corrected chi connectivity index (χ2v) is 16.3. The van der Waals surface area contributed by atoms with E-state index in [-0.39, 0.29) is 17.7 Å². The van der Waals surface area contributed by atoms with Crippen molar-refractivity contribution in [2.24, 2.45) is 5.92 Å². The lowest BCUT2D eigenvalue weighted by atomic mass is 9.69. The fraction of sp³-hybridized carbons (Fsp3) is 0.413. The molecular weight excluding hydrogens is 685 g/mol. The van der Waals surface area contributed by atoms with Crippen molar-refractivity contribution in [3.05, 3.63) is 131 Å². The maximum absolute atomic E-state index is 13.2. The molecule has 9 heteroatoms. The van der Waals surface area contributed by atoms with Crippen molar-refractivity contribution in [3.8, 4) is 5.75 Å². The van der Waals surface area contributed by atoms with Gasteiger partial charge in [0.15, 0.2) is 0 Å². The van der Waals surface area contributed by atoms with Crippen LogP contribution in [0.5, 0.6) is 5.75 Å². The van der Waals surface area contributed by atoms with E-state index in [4.69, 9.17) is 4.98 Å². The summed E-state index contributed by atoms with van der Waals surface area (Å²) in [5.74, 6) is 2.58. The smallest absolute Gasteiger partial charge is 0.255 e. The molecule has 1 unspecified atom stereocenters. The van der Waals surface area contributed by atoms with Crippen LogP contribution in [0.15, 0.2) is 97.3 Å². The van der Waals surface area contributed by atoms with Crippen molar-refractivity contribution >= 4 is 23.3 Å². The van der Waals surface area contributed by atoms with E-state index in [2.05, 4.69) is 93.5 Å². The Morgan fingerprint density at radius 2 is 1.60 bits per heavy atom. The van der Waals surface area contributed by atoms with Crippen molar-refractivity contribution in [2.75, 3.05) is 55.6 Å². The van der Waals surface area contributed by atoms with E-state index >= 15 is 0 Å². The Balaban J connectivity index is 0.756. The van der Waals surface area contributed by atoms with Gasteiger partial charge >= 0.3 is 0 Å². The molecule has 3 saturated heterocycles. The molecule has 0 saturated carbocycles. The van der Waals surface area contributed by atoms with Crippen LogP contribution in [-0.4, -0.2) is 83.6 Å². The lowest BCUT2D eigenvalue weighted by molar-refractivity contribution is -0.126. The van der Waals surface area contributed by atoms with Crippen molar-refractivity contribution in [1.82, 2.24) is 20.1 Å². The summed E-state index contributed by atoms with van der Waals surface area (Å²) in [6.07, 6.45) is 9.09. The topological polar surface area (TPSA) is 92.2 Å². The third kappa shape index (κ3) is 7.22. The molecule has 3 aromatic carbocycles. The maximum atomic E-state index is 13.2. The number of nitrogens with zero attached hydrogens (tertiary/aromatic N) is 5. The number of anilines is 2. The second-order valence-electron chi connectivity index (χ2n) is 16.3. The van der Waals surface area contributed by atoms with Crippen molar-refractivity contribution in [2.45, 2.75) is 69.4 Å². The molecule has 5 heterocycles. The van der Waals surface area contributed by atoms with Crippen molar-refractivity contribution in [3.63, 3.8) is 0 Å². The molecule has 9 rings (SSSR count). The minimum absolute atomic E-state index is 0.0412. The Kier molecular flexibility index (Phi) is 9.81. The first-order valence-corrected chi connectivity index (χ1v) is 20.4. The summed E-state index contributed by atoms with van der Waals surface area (Å²) in [6.45, 7) is 11.6. The number of carbonyl (C=O) groups is 2. The molecule has 0 radical (unpaired) electrons. The number of allylic oxidation sites excluding steroid dienone is 1. The van der Waals surface area contributed by atoms with E-state index in [1.54, 1.807) is 4.90 Å². The lowest BCUT2D eigenvalue weighted by Gasteiger charge is -2.38. The largest absolute Gasteiger partial charge is 0.508 e. The number of phenols is 1. The number of aromatic hydroxyl groups is 1. The lowest BCUT2D eigenvalue weighted by Crippen LogP contribution is -2.49. The average Bonchev–Trinajstić information content (AvgIpc) is 3.55. The zero-order valence-corrected chi connectivity index (χ0v) is 31.7. The zero-order valence-electron chi connectivity index (χ0n) is 31.7. The highest BCUT2D eigenvalue weighted by Gasteiger charge is 2.38. The van der Waals surface area contributed by atoms with Gasteiger partial charge in [0.05, 0.1) is 0 Å². The van der Waals surface area contributed by atoms with Crippen LogP contribution in [0, 0.1) is 5.92 Å². The number of rotatable bonds is 8. The molecular formula is C46H52N6O3. The molecule has 284 valence electrons. The van der Waals surface area contributed by atoms with Crippen molar-refractivity contribution in [1.29, 1.82) is 0 Å². The molecule has 4 aliphatic heterocycles. The van der Waals surface area contributed by atoms with Gasteiger partial charge in [-0.15, -0.1) is 0 Å². The number of hydrogen-bond donors (Lipinski definition) is 2. The first kappa shape index (κ1) is 35.5. The van der Waals surface area contributed by atoms with Crippen LogP contribution in [0.3, 0.4) is 0 Å². The Bertz CT molecular complexity index is 2050. The molecule has 5 aliphatic rings. The summed E-state index contributed by atoms with van der Waals surface area (Å²) < 4.78 is 0. The van der Waals surface area contributed by atoms with Crippen LogP contribution in [0.1, 0.15) is 88.5 Å². The van der Waals surface area contributed by atoms with E-state index in [0.717, 1.165) is 87.2 Å². The van der Waals surface area contributed by atoms with E-state index in [0.29, 0.717) is 31.1 Å². The van der Waals surface area contributed by atoms with Gasteiger partial charge in [-0.2, -0.15) is 0 Å². The SMILES string of the molecule is C=C1CCC(N2Cc3cc(N4CCN(CCC5CCN(c6ccc([C@H]7c8ccc(O)cc8CC[C@H]7c7ccccc7)cn6)CC5)CC4)ccc3C2=O)C(=O)N1. The Hall–Kier alpha value is -5.15. The number of carbonyl (C=O) groups excluding carboxylic acids is 2. The van der Waals surface area contributed by atoms with Crippen LogP contribution in [0.2, 0.25) is 0 Å². The van der Waals surface area contributed by atoms with Crippen LogP contribution < -0.4 is 15.1 Å². The molecule has 2 N–H and O–H groups in total. The van der Waals surface area contributed by atoms with Gasteiger partial charge in [0, 0.05) is 74.9 Å². The molecule has 2 amide bonds. The fourth-order valence-corrected chi connectivity index (χ4v) is 9.93. The standard InChI is InChI=1S/C46H52N6O3/c1-31-7-15-42(45(54)48-31)52-30-36-27-37(10-13-41(36)46(52)55)50-25-23-49(24-26-50)20-17-32-18-21-51(22-19-32)43-16-9-35(29-47-43)44-39(33-5-3-2-4-6-33)12-8-34-28-38(53)11-14-40(34)44/h2-6,9-11,13-14,16,27-29,32,39,42,44,53H,1,7-8,12,15,17-26,30H2,(H,48,54)/t39-,42?,44+/m0/s1. The highest BCUT2D eigenvalue weighted by molar-refractivity contribution is 6.01. The van der Waals surface area contributed by atoms with Crippen LogP contribution in [0.25, 0.3) is 0 Å². The van der Waals surface area contributed by atoms with Crippen molar-refractivity contribution < 1.29 is 14.7 Å². The van der Waals surface area contributed by atoms with Gasteiger partial charge < -0.3 is 25.1 Å². The van der Waals surface area contributed by atoms with E-state index in [1.165, 1.54) is 47.2 Å². The Morgan fingerprint density at radius 3 is 2.36 bits per heavy atom. The van der Waals surface area contributed by atoms with Gasteiger partial charge in [-0.1, -0.05) is 49.0 Å². The minimum atomic E-state index is -0.426. The van der Waals surface area contributed by atoms with Crippen LogP contribution in [-0.2, 0) is 17.8 Å². The second kappa shape index (κ2) is 15.2. The molecule has 3 atom stereocenters. The van der Waals surface area contributed by atoms with E-state index in [9.17, 15) is 14.7 Å². The number of aryl methyl sites for hydroxylation is 1. The number of aromatic nitrogens is 1. The quantitative estimate of drug-likeness (QED) is 0.205. The first-order valence-electron chi connectivity index (χ1n) is 20.4. The Labute approximate surface area is 324 Å². The zero-order chi connectivity index (χ0) is 37.5. The van der Waals surface area contributed by atoms with Gasteiger partial charge in [-0.05, 0) is 128 Å². The molecule has 3 fully saturated rings. The van der Waals surface area contributed by atoms with Gasteiger partial charge in [-0.3, -0.25) is 14.5 Å². The number of piperazine rings is 1.